The molecule has 0 spiro atoms. The molecule has 5 nitrogen and oxygen atoms in total. The van der Waals surface area contributed by atoms with Gasteiger partial charge in [0.2, 0.25) is 0 Å². The molecule has 1 fully saturated rings. The number of benzene rings is 1. The zero-order chi connectivity index (χ0) is 20.9. The molecule has 2 N–H and O–H groups in total. The van der Waals surface area contributed by atoms with Gasteiger partial charge in [-0.25, -0.2) is 9.69 Å². The molecule has 1 unspecified atom stereocenters. The molecule has 3 aromatic rings. The molecule has 1 aromatic carbocycles. The van der Waals surface area contributed by atoms with Gasteiger partial charge in [0.25, 0.3) is 0 Å². The first-order chi connectivity index (χ1) is 14.6. The molecule has 2 aromatic heterocycles. The van der Waals surface area contributed by atoms with E-state index in [1.54, 1.807) is 12.4 Å². The lowest BCUT2D eigenvalue weighted by molar-refractivity contribution is 0.205. The number of carboxylic acid groups (broad SMARTS) is 1. The van der Waals surface area contributed by atoms with Crippen molar-refractivity contribution in [3.8, 4) is 0 Å². The molecule has 1 atom stereocenters. The Balaban J connectivity index is 1.52. The van der Waals surface area contributed by atoms with Gasteiger partial charge in [-0.15, -0.1) is 11.3 Å². The van der Waals surface area contributed by atoms with E-state index in [-0.39, 0.29) is 0 Å². The van der Waals surface area contributed by atoms with Crippen LogP contribution >= 0.6 is 11.3 Å². The van der Waals surface area contributed by atoms with Gasteiger partial charge >= 0.3 is 6.09 Å². The van der Waals surface area contributed by atoms with Gasteiger partial charge in [-0.3, -0.25) is 4.98 Å². The minimum atomic E-state index is -0.994. The molecule has 1 saturated carbocycles. The Bertz CT molecular complexity index is 964. The van der Waals surface area contributed by atoms with E-state index >= 15 is 0 Å². The average molecular weight is 424 g/mol. The van der Waals surface area contributed by atoms with Gasteiger partial charge in [0.15, 0.2) is 0 Å². The van der Waals surface area contributed by atoms with E-state index in [1.807, 2.05) is 36.4 Å². The maximum atomic E-state index is 12.2. The summed E-state index contributed by atoms with van der Waals surface area (Å²) in [6.45, 7) is 2.86. The first-order valence-electron chi connectivity index (χ1n) is 10.8. The standard InChI is InChI=1S/C24H29N3O2S/c1-17(13-18-7-3-2-4-8-18)26-15-20-11-12-25-16-21(20)27(24(28)29)23-14-19-9-5-6-10-22(19)30-23/h5-6,9-12,14,16-18,26H,2-4,7-8,13,15H2,1H3,(H,28,29). The third kappa shape index (κ3) is 4.82. The van der Waals surface area contributed by atoms with Crippen LogP contribution in [0.15, 0.2) is 48.8 Å². The maximum absolute atomic E-state index is 12.2. The maximum Gasteiger partial charge on any atom is 0.417 e. The average Bonchev–Trinajstić information content (AvgIpc) is 3.17. The number of nitrogens with one attached hydrogen (secondary N) is 1. The number of thiophene rings is 1. The topological polar surface area (TPSA) is 65.5 Å². The Morgan fingerprint density at radius 1 is 1.27 bits per heavy atom. The van der Waals surface area contributed by atoms with Gasteiger partial charge in [-0.1, -0.05) is 50.3 Å². The molecule has 6 heteroatoms. The van der Waals surface area contributed by atoms with Crippen molar-refractivity contribution >= 4 is 38.2 Å². The molecule has 0 bridgehead atoms. The number of nitrogens with zero attached hydrogens (tertiary/aromatic N) is 2. The normalized spacial score (nSPS) is 15.9. The first-order valence-corrected chi connectivity index (χ1v) is 11.6. The van der Waals surface area contributed by atoms with Crippen molar-refractivity contribution in [2.75, 3.05) is 4.90 Å². The summed E-state index contributed by atoms with van der Waals surface area (Å²) in [5.41, 5.74) is 1.56. The van der Waals surface area contributed by atoms with Crippen LogP contribution in [-0.2, 0) is 6.54 Å². The van der Waals surface area contributed by atoms with E-state index in [1.165, 1.54) is 54.8 Å². The lowest BCUT2D eigenvalue weighted by Gasteiger charge is -2.26. The van der Waals surface area contributed by atoms with E-state index < -0.39 is 6.09 Å². The van der Waals surface area contributed by atoms with Crippen LogP contribution in [0, 0.1) is 5.92 Å². The molecule has 4 rings (SSSR count). The summed E-state index contributed by atoms with van der Waals surface area (Å²) in [6.07, 6.45) is 10.3. The summed E-state index contributed by atoms with van der Waals surface area (Å²) < 4.78 is 1.07. The molecule has 0 aliphatic heterocycles. The number of hydrogen-bond donors (Lipinski definition) is 2. The van der Waals surface area contributed by atoms with Crippen LogP contribution < -0.4 is 10.2 Å². The highest BCUT2D eigenvalue weighted by atomic mass is 32.1. The quantitative estimate of drug-likeness (QED) is 0.451. The van der Waals surface area contributed by atoms with Gasteiger partial charge in [-0.2, -0.15) is 0 Å². The highest BCUT2D eigenvalue weighted by Gasteiger charge is 2.23. The Morgan fingerprint density at radius 3 is 2.83 bits per heavy atom. The second kappa shape index (κ2) is 9.58. The fourth-order valence-electron chi connectivity index (χ4n) is 4.45. The predicted octanol–water partition coefficient (Wildman–Crippen LogP) is 6.56. The molecule has 0 saturated heterocycles. The van der Waals surface area contributed by atoms with Crippen LogP contribution in [0.5, 0.6) is 0 Å². The number of hydrogen-bond acceptors (Lipinski definition) is 4. The summed E-state index contributed by atoms with van der Waals surface area (Å²) in [6, 6.07) is 12.2. The van der Waals surface area contributed by atoms with E-state index in [9.17, 15) is 9.90 Å². The van der Waals surface area contributed by atoms with E-state index in [0.717, 1.165) is 21.6 Å². The van der Waals surface area contributed by atoms with Crippen molar-refractivity contribution in [3.63, 3.8) is 0 Å². The zero-order valence-corrected chi connectivity index (χ0v) is 18.2. The van der Waals surface area contributed by atoms with E-state index in [4.69, 9.17) is 0 Å². The lowest BCUT2D eigenvalue weighted by Crippen LogP contribution is -2.30. The third-order valence-corrected chi connectivity index (χ3v) is 7.11. The number of anilines is 2. The summed E-state index contributed by atoms with van der Waals surface area (Å²) in [5, 5.41) is 15.4. The Kier molecular flexibility index (Phi) is 6.65. The highest BCUT2D eigenvalue weighted by Crippen LogP contribution is 2.37. The second-order valence-electron chi connectivity index (χ2n) is 8.27. The monoisotopic (exact) mass is 423 g/mol. The number of pyridine rings is 1. The van der Waals surface area contributed by atoms with Crippen LogP contribution in [0.4, 0.5) is 15.5 Å². The molecule has 0 radical (unpaired) electrons. The highest BCUT2D eigenvalue weighted by molar-refractivity contribution is 7.23. The summed E-state index contributed by atoms with van der Waals surface area (Å²) in [4.78, 5) is 17.8. The Morgan fingerprint density at radius 2 is 2.07 bits per heavy atom. The van der Waals surface area contributed by atoms with Gasteiger partial charge in [0, 0.05) is 23.5 Å². The van der Waals surface area contributed by atoms with Crippen molar-refractivity contribution in [2.45, 2.75) is 58.0 Å². The van der Waals surface area contributed by atoms with Crippen LogP contribution in [0.3, 0.4) is 0 Å². The van der Waals surface area contributed by atoms with E-state index in [0.29, 0.717) is 23.3 Å². The number of rotatable bonds is 7. The molecular weight excluding hydrogens is 394 g/mol. The number of amides is 1. The molecule has 1 amide bonds. The Labute approximate surface area is 181 Å². The van der Waals surface area contributed by atoms with Crippen LogP contribution in [-0.4, -0.2) is 22.2 Å². The van der Waals surface area contributed by atoms with Crippen molar-refractivity contribution < 1.29 is 9.90 Å². The van der Waals surface area contributed by atoms with Gasteiger partial charge < -0.3 is 10.4 Å². The molecule has 2 heterocycles. The molecule has 158 valence electrons. The van der Waals surface area contributed by atoms with Crippen LogP contribution in [0.25, 0.3) is 10.1 Å². The number of fused-ring (bicyclic) bond motifs is 1. The first kappa shape index (κ1) is 20.8. The number of aromatic nitrogens is 1. The summed E-state index contributed by atoms with van der Waals surface area (Å²) in [5.74, 6) is 0.812. The molecule has 1 aliphatic carbocycles. The van der Waals surface area contributed by atoms with Crippen molar-refractivity contribution in [3.05, 3.63) is 54.4 Å². The van der Waals surface area contributed by atoms with E-state index in [2.05, 4.69) is 17.2 Å². The van der Waals surface area contributed by atoms with Crippen molar-refractivity contribution in [2.24, 2.45) is 5.92 Å². The molecular formula is C24H29N3O2S. The smallest absolute Gasteiger partial charge is 0.417 e. The fraction of sp³-hybridized carbons (Fsp3) is 0.417. The Hall–Kier alpha value is -2.44. The second-order valence-corrected chi connectivity index (χ2v) is 9.33. The molecule has 30 heavy (non-hydrogen) atoms. The van der Waals surface area contributed by atoms with Crippen LogP contribution in [0.2, 0.25) is 0 Å². The molecule has 1 aliphatic rings. The summed E-state index contributed by atoms with van der Waals surface area (Å²) in [7, 11) is 0. The van der Waals surface area contributed by atoms with Gasteiger partial charge in [0.05, 0.1) is 11.9 Å². The fourth-order valence-corrected chi connectivity index (χ4v) is 5.52. The number of carbonyl (C=O) groups is 1. The minimum Gasteiger partial charge on any atom is -0.464 e. The zero-order valence-electron chi connectivity index (χ0n) is 17.4. The summed E-state index contributed by atoms with van der Waals surface area (Å²) >= 11 is 1.48. The van der Waals surface area contributed by atoms with Gasteiger partial charge in [-0.05, 0) is 48.4 Å². The SMILES string of the molecule is CC(CC1CCCCC1)NCc1ccncc1N(C(=O)O)c1cc2ccccc2s1. The van der Waals surface area contributed by atoms with Crippen molar-refractivity contribution in [1.82, 2.24) is 10.3 Å². The minimum absolute atomic E-state index is 0.400. The predicted molar refractivity (Wildman–Crippen MR) is 124 cm³/mol. The van der Waals surface area contributed by atoms with Crippen LogP contribution in [0.1, 0.15) is 51.0 Å². The largest absolute Gasteiger partial charge is 0.464 e. The third-order valence-electron chi connectivity index (χ3n) is 6.01. The lowest BCUT2D eigenvalue weighted by atomic mass is 9.85. The van der Waals surface area contributed by atoms with Crippen molar-refractivity contribution in [1.29, 1.82) is 0 Å². The van der Waals surface area contributed by atoms with Gasteiger partial charge in [0.1, 0.15) is 5.00 Å².